The fraction of sp³-hybridized carbons (Fsp3) is 0.111. The topological polar surface area (TPSA) is 84.0 Å². The fourth-order valence-electron chi connectivity index (χ4n) is 2.45. The van der Waals surface area contributed by atoms with Gasteiger partial charge in [-0.05, 0) is 24.3 Å². The van der Waals surface area contributed by atoms with Gasteiger partial charge >= 0.3 is 0 Å². The average molecular weight is 375 g/mol. The van der Waals surface area contributed by atoms with Gasteiger partial charge < -0.3 is 15.8 Å². The van der Waals surface area contributed by atoms with E-state index in [1.165, 1.54) is 24.4 Å². The first-order chi connectivity index (χ1) is 12.5. The summed E-state index contributed by atoms with van der Waals surface area (Å²) in [6.45, 7) is -0.762. The lowest BCUT2D eigenvalue weighted by Gasteiger charge is -2.14. The first-order valence-electron chi connectivity index (χ1n) is 7.56. The van der Waals surface area contributed by atoms with Crippen LogP contribution in [0.2, 0.25) is 5.02 Å². The van der Waals surface area contributed by atoms with Crippen molar-refractivity contribution in [1.29, 1.82) is 5.26 Å². The van der Waals surface area contributed by atoms with Gasteiger partial charge in [0.2, 0.25) is 0 Å². The predicted molar refractivity (Wildman–Crippen MR) is 97.0 cm³/mol. The number of pyridine rings is 1. The Kier molecular flexibility index (Phi) is 5.05. The van der Waals surface area contributed by atoms with Crippen LogP contribution in [0.25, 0.3) is 10.9 Å². The Labute approximate surface area is 153 Å². The number of nitriles is 1. The molecule has 0 bridgehead atoms. The number of ether oxygens (including phenoxy) is 1. The summed E-state index contributed by atoms with van der Waals surface area (Å²) in [5, 5.41) is 13.0. The maximum absolute atomic E-state index is 13.4. The summed E-state index contributed by atoms with van der Waals surface area (Å²) >= 11 is 5.81. The summed E-state index contributed by atoms with van der Waals surface area (Å²) in [5.41, 5.74) is 7.97. The molecule has 0 aliphatic carbocycles. The Balaban J connectivity index is 2.11. The number of hydrogen-bond donors (Lipinski definition) is 2. The number of anilines is 3. The van der Waals surface area contributed by atoms with Crippen LogP contribution in [0.15, 0.2) is 36.5 Å². The molecule has 132 valence electrons. The molecule has 1 heterocycles. The van der Waals surface area contributed by atoms with Gasteiger partial charge in [0.05, 0.1) is 27.5 Å². The Morgan fingerprint density at radius 1 is 1.31 bits per heavy atom. The van der Waals surface area contributed by atoms with Crippen LogP contribution >= 0.6 is 11.6 Å². The molecule has 0 spiro atoms. The molecule has 1 aromatic heterocycles. The largest absolute Gasteiger partial charge is 0.489 e. The molecule has 0 amide bonds. The number of rotatable bonds is 5. The maximum Gasteiger partial charge on any atom is 0.144 e. The van der Waals surface area contributed by atoms with Crippen molar-refractivity contribution in [2.75, 3.05) is 24.3 Å². The van der Waals surface area contributed by atoms with Crippen molar-refractivity contribution >= 4 is 39.6 Å². The first kappa shape index (κ1) is 17.7. The molecule has 0 aliphatic rings. The van der Waals surface area contributed by atoms with E-state index in [0.29, 0.717) is 28.0 Å². The van der Waals surface area contributed by atoms with Crippen LogP contribution in [-0.2, 0) is 0 Å². The second-order valence-corrected chi connectivity index (χ2v) is 5.76. The van der Waals surface area contributed by atoms with E-state index in [0.717, 1.165) is 0 Å². The summed E-state index contributed by atoms with van der Waals surface area (Å²) in [6.07, 6.45) is 1.39. The fourth-order valence-corrected chi connectivity index (χ4v) is 2.63. The van der Waals surface area contributed by atoms with Gasteiger partial charge in [0, 0.05) is 23.3 Å². The van der Waals surface area contributed by atoms with Crippen LogP contribution < -0.4 is 15.8 Å². The van der Waals surface area contributed by atoms with Crippen molar-refractivity contribution < 1.29 is 13.5 Å². The number of nitrogen functional groups attached to an aromatic ring is 1. The number of nitrogens with two attached hydrogens (primary N) is 1. The van der Waals surface area contributed by atoms with E-state index in [1.807, 2.05) is 6.07 Å². The summed E-state index contributed by atoms with van der Waals surface area (Å²) in [6, 6.07) is 9.34. The summed E-state index contributed by atoms with van der Waals surface area (Å²) in [7, 11) is 0. The van der Waals surface area contributed by atoms with E-state index >= 15 is 0 Å². The molecule has 8 heteroatoms. The predicted octanol–water partition coefficient (Wildman–Crippen LogP) is 4.57. The standard InChI is InChI=1S/C18H13ClF2N4O/c19-13-5-11(1-2-14(13)21)25-18-10(8-22)9-24-16-7-17(26-4-3-20)15(23)6-12(16)18/h1-2,5-7,9H,3-4,23H2,(H,24,25). The Morgan fingerprint density at radius 3 is 2.81 bits per heavy atom. The van der Waals surface area contributed by atoms with E-state index in [2.05, 4.69) is 10.3 Å². The highest BCUT2D eigenvalue weighted by Gasteiger charge is 2.13. The quantitative estimate of drug-likeness (QED) is 0.639. The van der Waals surface area contributed by atoms with Crippen molar-refractivity contribution in [3.63, 3.8) is 0 Å². The molecule has 0 saturated heterocycles. The number of hydrogen-bond acceptors (Lipinski definition) is 5. The van der Waals surface area contributed by atoms with Crippen LogP contribution in [0, 0.1) is 17.1 Å². The number of alkyl halides is 1. The van der Waals surface area contributed by atoms with Crippen LogP contribution in [0.1, 0.15) is 5.56 Å². The SMILES string of the molecule is N#Cc1cnc2cc(OCCF)c(N)cc2c1Nc1ccc(F)c(Cl)c1. The van der Waals surface area contributed by atoms with Gasteiger partial charge in [0.1, 0.15) is 30.9 Å². The van der Waals surface area contributed by atoms with Gasteiger partial charge in [-0.2, -0.15) is 5.26 Å². The highest BCUT2D eigenvalue weighted by atomic mass is 35.5. The highest BCUT2D eigenvalue weighted by molar-refractivity contribution is 6.31. The molecule has 3 rings (SSSR count). The number of nitrogens with zero attached hydrogens (tertiary/aromatic N) is 2. The lowest BCUT2D eigenvalue weighted by Crippen LogP contribution is -2.03. The zero-order valence-corrected chi connectivity index (χ0v) is 14.1. The van der Waals surface area contributed by atoms with Crippen molar-refractivity contribution in [2.45, 2.75) is 0 Å². The van der Waals surface area contributed by atoms with Crippen molar-refractivity contribution in [3.05, 3.63) is 52.9 Å². The number of benzene rings is 2. The van der Waals surface area contributed by atoms with Crippen LogP contribution in [0.3, 0.4) is 0 Å². The molecule has 26 heavy (non-hydrogen) atoms. The van der Waals surface area contributed by atoms with Crippen molar-refractivity contribution in [1.82, 2.24) is 4.98 Å². The zero-order chi connectivity index (χ0) is 18.7. The highest BCUT2D eigenvalue weighted by Crippen LogP contribution is 2.35. The monoisotopic (exact) mass is 374 g/mol. The smallest absolute Gasteiger partial charge is 0.144 e. The molecule has 0 aliphatic heterocycles. The molecule has 3 aromatic rings. The van der Waals surface area contributed by atoms with Crippen LogP contribution in [0.5, 0.6) is 5.75 Å². The van der Waals surface area contributed by atoms with Crippen molar-refractivity contribution in [3.8, 4) is 11.8 Å². The number of fused-ring (bicyclic) bond motifs is 1. The molecule has 5 nitrogen and oxygen atoms in total. The average Bonchev–Trinajstić information content (AvgIpc) is 2.63. The maximum atomic E-state index is 13.4. The number of aromatic nitrogens is 1. The van der Waals surface area contributed by atoms with Gasteiger partial charge in [-0.3, -0.25) is 4.98 Å². The number of nitrogens with one attached hydrogen (secondary N) is 1. The minimum atomic E-state index is -0.642. The lowest BCUT2D eigenvalue weighted by atomic mass is 10.1. The molecular weight excluding hydrogens is 362 g/mol. The molecule has 0 unspecified atom stereocenters. The summed E-state index contributed by atoms with van der Waals surface area (Å²) < 4.78 is 30.9. The van der Waals surface area contributed by atoms with E-state index < -0.39 is 12.5 Å². The molecule has 0 saturated carbocycles. The molecular formula is C18H13ClF2N4O. The van der Waals surface area contributed by atoms with Crippen LogP contribution in [0.4, 0.5) is 25.8 Å². The third-order valence-corrected chi connectivity index (χ3v) is 3.93. The zero-order valence-electron chi connectivity index (χ0n) is 13.4. The molecule has 2 aromatic carbocycles. The third-order valence-electron chi connectivity index (χ3n) is 3.64. The van der Waals surface area contributed by atoms with E-state index in [4.69, 9.17) is 22.1 Å². The van der Waals surface area contributed by atoms with Crippen molar-refractivity contribution in [2.24, 2.45) is 0 Å². The Morgan fingerprint density at radius 2 is 2.12 bits per heavy atom. The summed E-state index contributed by atoms with van der Waals surface area (Å²) in [4.78, 5) is 4.22. The lowest BCUT2D eigenvalue weighted by molar-refractivity contribution is 0.275. The molecule has 3 N–H and O–H groups in total. The normalized spacial score (nSPS) is 10.5. The third kappa shape index (κ3) is 3.46. The van der Waals surface area contributed by atoms with E-state index in [9.17, 15) is 14.0 Å². The Bertz CT molecular complexity index is 1020. The van der Waals surface area contributed by atoms with E-state index in [1.54, 1.807) is 12.1 Å². The second-order valence-electron chi connectivity index (χ2n) is 5.36. The van der Waals surface area contributed by atoms with Gasteiger partial charge in [-0.1, -0.05) is 11.6 Å². The minimum absolute atomic E-state index is 0.0479. The summed E-state index contributed by atoms with van der Waals surface area (Å²) in [5.74, 6) is -0.237. The molecule has 0 fully saturated rings. The van der Waals surface area contributed by atoms with Gasteiger partial charge in [-0.25, -0.2) is 8.78 Å². The first-order valence-corrected chi connectivity index (χ1v) is 7.94. The minimum Gasteiger partial charge on any atom is -0.489 e. The van der Waals surface area contributed by atoms with Crippen LogP contribution in [-0.4, -0.2) is 18.3 Å². The Hall–Kier alpha value is -3.11. The van der Waals surface area contributed by atoms with Gasteiger partial charge in [-0.15, -0.1) is 0 Å². The van der Waals surface area contributed by atoms with E-state index in [-0.39, 0.29) is 22.9 Å². The van der Waals surface area contributed by atoms with Gasteiger partial charge in [0.25, 0.3) is 0 Å². The second kappa shape index (κ2) is 7.42. The molecule has 0 atom stereocenters. The van der Waals surface area contributed by atoms with Gasteiger partial charge in [0.15, 0.2) is 0 Å². The number of halogens is 3. The molecule has 0 radical (unpaired) electrons.